The number of primary sulfonamides is 1. The number of thiocarbonyl (C=S) groups is 1. The Bertz CT molecular complexity index is 2070. The number of hydrogen-bond acceptors (Lipinski definition) is 8. The highest BCUT2D eigenvalue weighted by molar-refractivity contribution is 7.89. The molecule has 0 spiro atoms. The van der Waals surface area contributed by atoms with E-state index < -0.39 is 10.0 Å². The molecule has 3 aromatic carbocycles. The Morgan fingerprint density at radius 1 is 1.12 bits per heavy atom. The maximum Gasteiger partial charge on any atom is 0.318 e. The van der Waals surface area contributed by atoms with Gasteiger partial charge < -0.3 is 30.1 Å². The highest BCUT2D eigenvalue weighted by Gasteiger charge is 2.39. The third-order valence-corrected chi connectivity index (χ3v) is 10.6. The van der Waals surface area contributed by atoms with E-state index in [4.69, 9.17) is 22.1 Å². The number of anilines is 3. The van der Waals surface area contributed by atoms with E-state index in [0.717, 1.165) is 33.9 Å². The number of nitrogens with two attached hydrogens (primary N) is 1. The first-order valence-corrected chi connectivity index (χ1v) is 18.0. The molecule has 0 radical (unpaired) electrons. The lowest BCUT2D eigenvalue weighted by Crippen LogP contribution is -2.48. The van der Waals surface area contributed by atoms with Gasteiger partial charge in [0.25, 0.3) is 5.91 Å². The van der Waals surface area contributed by atoms with Crippen molar-refractivity contribution >= 4 is 56.4 Å². The van der Waals surface area contributed by atoms with Crippen LogP contribution in [0.2, 0.25) is 0 Å². The van der Waals surface area contributed by atoms with E-state index in [9.17, 15) is 18.0 Å². The van der Waals surface area contributed by atoms with Gasteiger partial charge in [-0.05, 0) is 60.0 Å². The van der Waals surface area contributed by atoms with Crippen LogP contribution in [0.4, 0.5) is 22.0 Å². The summed E-state index contributed by atoms with van der Waals surface area (Å²) in [5.74, 6) is 0.698. The Hall–Kier alpha value is -4.83. The molecule has 262 valence electrons. The third kappa shape index (κ3) is 7.35. The minimum absolute atomic E-state index is 0.0123. The van der Waals surface area contributed by atoms with Gasteiger partial charge >= 0.3 is 6.03 Å². The van der Waals surface area contributed by atoms with Crippen molar-refractivity contribution in [3.05, 3.63) is 101 Å². The molecular weight excluding hydrogens is 677 g/mol. The molecule has 1 saturated heterocycles. The molecule has 2 aliphatic rings. The first kappa shape index (κ1) is 35.0. The molecule has 0 aliphatic carbocycles. The van der Waals surface area contributed by atoms with Gasteiger partial charge in [0.15, 0.2) is 0 Å². The zero-order chi connectivity index (χ0) is 35.7. The molecule has 2 aliphatic heterocycles. The van der Waals surface area contributed by atoms with Crippen LogP contribution in [0.1, 0.15) is 39.0 Å². The Labute approximate surface area is 297 Å². The number of carbonyl (C=O) groups excluding carboxylic acids is 2. The van der Waals surface area contributed by atoms with Crippen molar-refractivity contribution in [1.29, 1.82) is 0 Å². The maximum absolute atomic E-state index is 14.0. The lowest BCUT2D eigenvalue weighted by Gasteiger charge is -2.28. The van der Waals surface area contributed by atoms with Gasteiger partial charge in [0.1, 0.15) is 10.8 Å². The molecule has 0 unspecified atom stereocenters. The smallest absolute Gasteiger partial charge is 0.318 e. The van der Waals surface area contributed by atoms with Crippen LogP contribution in [-0.2, 0) is 41.5 Å². The van der Waals surface area contributed by atoms with Crippen LogP contribution in [0.3, 0.4) is 0 Å². The van der Waals surface area contributed by atoms with Gasteiger partial charge in [-0.1, -0.05) is 42.5 Å². The monoisotopic (exact) mass is 716 g/mol. The van der Waals surface area contributed by atoms with Crippen molar-refractivity contribution in [3.63, 3.8) is 0 Å². The fourth-order valence-corrected chi connectivity index (χ4v) is 7.10. The number of sulfonamides is 1. The van der Waals surface area contributed by atoms with E-state index in [1.165, 1.54) is 12.1 Å². The second-order valence-corrected chi connectivity index (χ2v) is 14.7. The fourth-order valence-electron chi connectivity index (χ4n) is 6.30. The highest BCUT2D eigenvalue weighted by Crippen LogP contribution is 2.36. The molecule has 2 atom stereocenters. The predicted molar refractivity (Wildman–Crippen MR) is 195 cm³/mol. The number of fused-ring (bicyclic) bond motifs is 2. The number of aryl methyl sites for hydroxylation is 2. The maximum atomic E-state index is 14.0. The number of amides is 3. The van der Waals surface area contributed by atoms with Crippen molar-refractivity contribution in [2.24, 2.45) is 12.2 Å². The number of likely N-dealkylation sites (N-methyl/N-ethyl adjacent to an activating group) is 1. The van der Waals surface area contributed by atoms with Gasteiger partial charge in [0, 0.05) is 51.8 Å². The summed E-state index contributed by atoms with van der Waals surface area (Å²) in [7, 11) is 1.70. The number of aromatic nitrogens is 2. The normalized spacial score (nSPS) is 17.0. The van der Waals surface area contributed by atoms with Gasteiger partial charge in [-0.2, -0.15) is 5.10 Å². The van der Waals surface area contributed by atoms with Crippen LogP contribution >= 0.6 is 12.2 Å². The standard InChI is InChI=1S/C35H40N8O5S2/c1-22-14-24(33(44)42-19-26-18-38-41(4)32(26)39-29-10-5-6-11-30(29)42)12-13-25(22)17-37-35(45)43-20-27(16-31(43)34(49)40(2)3)48-21-23-8-7-9-28(15-23)50(36,46)47/h5-15,18,27,31,39H,16-17,19-21H2,1-4H3,(H,37,45)(H2,36,46,47)/t27-,31+/m1/s1. The number of para-hydroxylation sites is 2. The molecule has 3 amide bonds. The summed E-state index contributed by atoms with van der Waals surface area (Å²) in [5, 5.41) is 16.1. The van der Waals surface area contributed by atoms with Crippen LogP contribution < -0.4 is 20.7 Å². The third-order valence-electron chi connectivity index (χ3n) is 9.02. The topological polar surface area (TPSA) is 155 Å². The summed E-state index contributed by atoms with van der Waals surface area (Å²) in [5.41, 5.74) is 5.42. The highest BCUT2D eigenvalue weighted by atomic mass is 32.2. The first-order chi connectivity index (χ1) is 23.8. The molecule has 1 aromatic heterocycles. The SMILES string of the molecule is Cc1cc(C(=O)N2Cc3cnn(C)c3Nc3ccccc32)ccc1CNC(=O)N1C[C@H](OCc2cccc(S(N)(=O)=O)c2)C[C@H]1C(=S)N(C)C. The average molecular weight is 717 g/mol. The lowest BCUT2D eigenvalue weighted by molar-refractivity contribution is 0.0484. The second kappa shape index (κ2) is 14.2. The van der Waals surface area contributed by atoms with E-state index in [1.807, 2.05) is 69.4 Å². The molecule has 6 rings (SSSR count). The van der Waals surface area contributed by atoms with Gasteiger partial charge in [0.2, 0.25) is 10.0 Å². The lowest BCUT2D eigenvalue weighted by atomic mass is 10.0. The van der Waals surface area contributed by atoms with Crippen LogP contribution in [-0.4, -0.2) is 77.7 Å². The largest absolute Gasteiger partial charge is 0.372 e. The Morgan fingerprint density at radius 3 is 2.64 bits per heavy atom. The number of urea groups is 1. The minimum atomic E-state index is -3.84. The van der Waals surface area contributed by atoms with Gasteiger partial charge in [-0.3, -0.25) is 9.48 Å². The van der Waals surface area contributed by atoms with Gasteiger partial charge in [-0.25, -0.2) is 18.4 Å². The number of rotatable bonds is 8. The number of nitrogens with one attached hydrogen (secondary N) is 2. The summed E-state index contributed by atoms with van der Waals surface area (Å²) in [4.78, 5) is 33.4. The fraction of sp³-hybridized carbons (Fsp3) is 0.314. The molecule has 3 heterocycles. The number of carbonyl (C=O) groups is 2. The van der Waals surface area contributed by atoms with Crippen molar-refractivity contribution in [2.75, 3.05) is 30.9 Å². The summed E-state index contributed by atoms with van der Waals surface area (Å²) in [6, 6.07) is 18.8. The van der Waals surface area contributed by atoms with Crippen molar-refractivity contribution in [1.82, 2.24) is 24.9 Å². The molecule has 13 nitrogen and oxygen atoms in total. The molecule has 4 aromatic rings. The van der Waals surface area contributed by atoms with Crippen LogP contribution in [0, 0.1) is 6.92 Å². The predicted octanol–water partition coefficient (Wildman–Crippen LogP) is 4.04. The number of likely N-dealkylation sites (tertiary alicyclic amines) is 1. The number of ether oxygens (including phenoxy) is 1. The molecule has 50 heavy (non-hydrogen) atoms. The van der Waals surface area contributed by atoms with Crippen LogP contribution in [0.25, 0.3) is 0 Å². The molecule has 1 fully saturated rings. The number of hydrogen-bond donors (Lipinski definition) is 3. The second-order valence-electron chi connectivity index (χ2n) is 12.7. The Balaban J connectivity index is 1.12. The van der Waals surface area contributed by atoms with E-state index in [-0.39, 0.29) is 42.1 Å². The molecule has 15 heteroatoms. The Morgan fingerprint density at radius 2 is 1.90 bits per heavy atom. The van der Waals surface area contributed by atoms with Gasteiger partial charge in [-0.15, -0.1) is 0 Å². The zero-order valence-electron chi connectivity index (χ0n) is 28.3. The Kier molecular flexibility index (Phi) is 9.94. The van der Waals surface area contributed by atoms with Gasteiger partial charge in [0.05, 0.1) is 47.8 Å². The quantitative estimate of drug-likeness (QED) is 0.229. The van der Waals surface area contributed by atoms with Crippen LogP contribution in [0.15, 0.2) is 77.8 Å². The van der Waals surface area contributed by atoms with E-state index in [1.54, 1.807) is 38.9 Å². The molecular formula is C35H40N8O5S2. The summed E-state index contributed by atoms with van der Waals surface area (Å²) in [6.45, 7) is 2.98. The summed E-state index contributed by atoms with van der Waals surface area (Å²) in [6.07, 6.45) is 1.94. The zero-order valence-corrected chi connectivity index (χ0v) is 29.9. The number of nitrogens with zero attached hydrogens (tertiary/aromatic N) is 5. The van der Waals surface area contributed by atoms with E-state index >= 15 is 0 Å². The van der Waals surface area contributed by atoms with Crippen LogP contribution in [0.5, 0.6) is 0 Å². The summed E-state index contributed by atoms with van der Waals surface area (Å²) >= 11 is 5.69. The molecule has 0 bridgehead atoms. The summed E-state index contributed by atoms with van der Waals surface area (Å²) < 4.78 is 31.5. The van der Waals surface area contributed by atoms with E-state index in [0.29, 0.717) is 35.6 Å². The first-order valence-electron chi connectivity index (χ1n) is 16.1. The molecule has 4 N–H and O–H groups in total. The molecule has 0 saturated carbocycles. The average Bonchev–Trinajstić information content (AvgIpc) is 3.62. The van der Waals surface area contributed by atoms with Crippen molar-refractivity contribution in [2.45, 2.75) is 50.1 Å². The van der Waals surface area contributed by atoms with Crippen molar-refractivity contribution in [3.8, 4) is 0 Å². The van der Waals surface area contributed by atoms with Crippen molar-refractivity contribution < 1.29 is 22.7 Å². The van der Waals surface area contributed by atoms with E-state index in [2.05, 4.69) is 15.7 Å². The number of benzene rings is 3. The minimum Gasteiger partial charge on any atom is -0.372 e.